The number of H-pyrrole nitrogens is 1. The van der Waals surface area contributed by atoms with Gasteiger partial charge in [-0.25, -0.2) is 0 Å². The summed E-state index contributed by atoms with van der Waals surface area (Å²) in [6, 6.07) is 6.52. The van der Waals surface area contributed by atoms with Gasteiger partial charge in [0.2, 0.25) is 0 Å². The SMILES string of the molecule is CC1CCc2[nH]c3ccc(C(=O)N(C)C(C)C4CC4)cc3c2C1. The maximum Gasteiger partial charge on any atom is 0.253 e. The maximum absolute atomic E-state index is 12.8. The van der Waals surface area contributed by atoms with Crippen LogP contribution in [0.4, 0.5) is 0 Å². The molecule has 3 heteroatoms. The molecule has 0 saturated heterocycles. The fourth-order valence-electron chi connectivity index (χ4n) is 4.01. The molecule has 2 aliphatic carbocycles. The molecule has 1 heterocycles. The van der Waals surface area contributed by atoms with E-state index in [9.17, 15) is 4.79 Å². The van der Waals surface area contributed by atoms with Crippen molar-refractivity contribution in [1.82, 2.24) is 9.88 Å². The van der Waals surface area contributed by atoms with Gasteiger partial charge in [-0.15, -0.1) is 0 Å². The lowest BCUT2D eigenvalue weighted by Crippen LogP contribution is -2.36. The van der Waals surface area contributed by atoms with Crippen molar-refractivity contribution >= 4 is 16.8 Å². The van der Waals surface area contributed by atoms with Crippen LogP contribution in [-0.2, 0) is 12.8 Å². The Morgan fingerprint density at radius 3 is 2.83 bits per heavy atom. The second-order valence-electron chi connectivity index (χ2n) is 7.68. The minimum atomic E-state index is 0.158. The highest BCUT2D eigenvalue weighted by Crippen LogP contribution is 2.36. The van der Waals surface area contributed by atoms with Gasteiger partial charge in [-0.1, -0.05) is 6.92 Å². The molecule has 1 N–H and O–H groups in total. The highest BCUT2D eigenvalue weighted by Gasteiger charge is 2.33. The van der Waals surface area contributed by atoms with Crippen molar-refractivity contribution in [2.24, 2.45) is 11.8 Å². The maximum atomic E-state index is 12.8. The number of fused-ring (bicyclic) bond motifs is 3. The van der Waals surface area contributed by atoms with Gasteiger partial charge in [-0.05, 0) is 74.6 Å². The highest BCUT2D eigenvalue weighted by atomic mass is 16.2. The van der Waals surface area contributed by atoms with Crippen molar-refractivity contribution in [3.63, 3.8) is 0 Å². The predicted octanol–water partition coefficient (Wildman–Crippen LogP) is 4.16. The van der Waals surface area contributed by atoms with Crippen LogP contribution >= 0.6 is 0 Å². The first kappa shape index (κ1) is 14.8. The fourth-order valence-corrected chi connectivity index (χ4v) is 4.01. The lowest BCUT2D eigenvalue weighted by atomic mass is 9.87. The number of nitrogens with zero attached hydrogens (tertiary/aromatic N) is 1. The Morgan fingerprint density at radius 2 is 2.09 bits per heavy atom. The summed E-state index contributed by atoms with van der Waals surface area (Å²) >= 11 is 0. The Hall–Kier alpha value is -1.77. The van der Waals surface area contributed by atoms with E-state index in [4.69, 9.17) is 0 Å². The van der Waals surface area contributed by atoms with Crippen LogP contribution in [0.15, 0.2) is 18.2 Å². The zero-order chi connectivity index (χ0) is 16.1. The molecule has 1 fully saturated rings. The summed E-state index contributed by atoms with van der Waals surface area (Å²) in [5.74, 6) is 1.59. The van der Waals surface area contributed by atoms with Crippen molar-refractivity contribution < 1.29 is 4.79 Å². The molecule has 0 bridgehead atoms. The third-order valence-electron chi connectivity index (χ3n) is 5.92. The number of aryl methyl sites for hydroxylation is 1. The van der Waals surface area contributed by atoms with Crippen LogP contribution in [-0.4, -0.2) is 28.9 Å². The lowest BCUT2D eigenvalue weighted by molar-refractivity contribution is 0.0727. The van der Waals surface area contributed by atoms with E-state index in [2.05, 4.69) is 31.0 Å². The van der Waals surface area contributed by atoms with E-state index >= 15 is 0 Å². The van der Waals surface area contributed by atoms with Gasteiger partial charge in [0.05, 0.1) is 0 Å². The standard InChI is InChI=1S/C20H26N2O/c1-12-4-8-18-16(10-12)17-11-15(7-9-19(17)21-18)20(23)22(3)13(2)14-5-6-14/h7,9,11-14,21H,4-6,8,10H2,1-3H3. The van der Waals surface area contributed by atoms with E-state index in [1.165, 1.54) is 41.4 Å². The number of rotatable bonds is 3. The molecule has 2 aromatic rings. The Balaban J connectivity index is 1.68. The number of carbonyl (C=O) groups excluding carboxylic acids is 1. The predicted molar refractivity (Wildman–Crippen MR) is 93.8 cm³/mol. The summed E-state index contributed by atoms with van der Waals surface area (Å²) in [6.07, 6.45) is 6.05. The van der Waals surface area contributed by atoms with E-state index in [1.54, 1.807) is 0 Å². The van der Waals surface area contributed by atoms with Crippen LogP contribution in [0, 0.1) is 11.8 Å². The molecule has 0 spiro atoms. The molecule has 1 amide bonds. The molecule has 0 aliphatic heterocycles. The van der Waals surface area contributed by atoms with Gasteiger partial charge in [0, 0.05) is 35.2 Å². The zero-order valence-electron chi connectivity index (χ0n) is 14.4. The Kier molecular flexibility index (Phi) is 3.47. The molecule has 3 nitrogen and oxygen atoms in total. The first-order chi connectivity index (χ1) is 11.0. The van der Waals surface area contributed by atoms with Gasteiger partial charge in [0.15, 0.2) is 0 Å². The Morgan fingerprint density at radius 1 is 1.30 bits per heavy atom. The number of aromatic nitrogens is 1. The molecule has 2 atom stereocenters. The van der Waals surface area contributed by atoms with Crippen LogP contribution in [0.2, 0.25) is 0 Å². The second kappa shape index (κ2) is 5.40. The zero-order valence-corrected chi connectivity index (χ0v) is 14.4. The third-order valence-corrected chi connectivity index (χ3v) is 5.92. The van der Waals surface area contributed by atoms with Crippen LogP contribution in [0.5, 0.6) is 0 Å². The topological polar surface area (TPSA) is 36.1 Å². The summed E-state index contributed by atoms with van der Waals surface area (Å²) in [7, 11) is 1.95. The van der Waals surface area contributed by atoms with Crippen molar-refractivity contribution in [2.75, 3.05) is 7.05 Å². The summed E-state index contributed by atoms with van der Waals surface area (Å²) in [5, 5.41) is 1.25. The van der Waals surface area contributed by atoms with E-state index in [0.717, 1.165) is 24.3 Å². The Bertz CT molecular complexity index is 756. The normalized spacial score (nSPS) is 22.0. The largest absolute Gasteiger partial charge is 0.358 e. The first-order valence-electron chi connectivity index (χ1n) is 8.95. The Labute approximate surface area is 138 Å². The first-order valence-corrected chi connectivity index (χ1v) is 8.95. The van der Waals surface area contributed by atoms with Crippen LogP contribution in [0.25, 0.3) is 10.9 Å². The van der Waals surface area contributed by atoms with Gasteiger partial charge in [-0.3, -0.25) is 4.79 Å². The van der Waals surface area contributed by atoms with Crippen molar-refractivity contribution in [2.45, 2.75) is 52.0 Å². The van der Waals surface area contributed by atoms with Crippen molar-refractivity contribution in [1.29, 1.82) is 0 Å². The molecule has 4 rings (SSSR count). The summed E-state index contributed by atoms with van der Waals surface area (Å²) in [6.45, 7) is 4.50. The second-order valence-corrected chi connectivity index (χ2v) is 7.68. The van der Waals surface area contributed by atoms with E-state index in [0.29, 0.717) is 12.0 Å². The molecule has 1 saturated carbocycles. The lowest BCUT2D eigenvalue weighted by Gasteiger charge is -2.25. The molecule has 2 unspecified atom stereocenters. The number of benzene rings is 1. The summed E-state index contributed by atoms with van der Waals surface area (Å²) in [4.78, 5) is 18.3. The van der Waals surface area contributed by atoms with Crippen LogP contribution < -0.4 is 0 Å². The molecule has 1 aromatic heterocycles. The summed E-state index contributed by atoms with van der Waals surface area (Å²) in [5.41, 5.74) is 4.82. The van der Waals surface area contributed by atoms with Gasteiger partial charge in [-0.2, -0.15) is 0 Å². The fraction of sp³-hybridized carbons (Fsp3) is 0.550. The van der Waals surface area contributed by atoms with Gasteiger partial charge < -0.3 is 9.88 Å². The number of carbonyl (C=O) groups is 1. The molecule has 122 valence electrons. The molecule has 1 aromatic carbocycles. The van der Waals surface area contributed by atoms with Gasteiger partial charge in [0.25, 0.3) is 5.91 Å². The minimum Gasteiger partial charge on any atom is -0.358 e. The van der Waals surface area contributed by atoms with E-state index in [1.807, 2.05) is 18.0 Å². The van der Waals surface area contributed by atoms with Gasteiger partial charge in [0.1, 0.15) is 0 Å². The average molecular weight is 310 g/mol. The van der Waals surface area contributed by atoms with Crippen LogP contribution in [0.3, 0.4) is 0 Å². The van der Waals surface area contributed by atoms with E-state index in [-0.39, 0.29) is 5.91 Å². The smallest absolute Gasteiger partial charge is 0.253 e. The summed E-state index contributed by atoms with van der Waals surface area (Å²) < 4.78 is 0. The van der Waals surface area contributed by atoms with Crippen LogP contribution in [0.1, 0.15) is 54.7 Å². The monoisotopic (exact) mass is 310 g/mol. The third kappa shape index (κ3) is 2.56. The van der Waals surface area contributed by atoms with Gasteiger partial charge >= 0.3 is 0 Å². The molecular weight excluding hydrogens is 284 g/mol. The molecule has 23 heavy (non-hydrogen) atoms. The molecule has 2 aliphatic rings. The number of amides is 1. The van der Waals surface area contributed by atoms with E-state index < -0.39 is 0 Å². The number of hydrogen-bond acceptors (Lipinski definition) is 1. The average Bonchev–Trinajstić information content (AvgIpc) is 3.34. The van der Waals surface area contributed by atoms with Crippen molar-refractivity contribution in [3.05, 3.63) is 35.0 Å². The molecule has 0 radical (unpaired) electrons. The van der Waals surface area contributed by atoms with Crippen molar-refractivity contribution in [3.8, 4) is 0 Å². The highest BCUT2D eigenvalue weighted by molar-refractivity contribution is 5.99. The minimum absolute atomic E-state index is 0.158. The quantitative estimate of drug-likeness (QED) is 0.907. The number of aromatic amines is 1. The number of hydrogen-bond donors (Lipinski definition) is 1. The molecular formula is C20H26N2O. The number of nitrogens with one attached hydrogen (secondary N) is 1.